The van der Waals surface area contributed by atoms with Gasteiger partial charge in [-0.3, -0.25) is 4.98 Å². The molecule has 0 aliphatic heterocycles. The molecule has 0 amide bonds. The first kappa shape index (κ1) is 13.8. The highest BCUT2D eigenvalue weighted by Gasteiger charge is 2.13. The molecule has 112 valence electrons. The minimum Gasteiger partial charge on any atom is -0.496 e. The second-order valence-electron chi connectivity index (χ2n) is 4.54. The Balaban J connectivity index is 2.14. The van der Waals surface area contributed by atoms with Gasteiger partial charge in [0.05, 0.1) is 25.2 Å². The zero-order chi connectivity index (χ0) is 15.7. The summed E-state index contributed by atoms with van der Waals surface area (Å²) in [6.45, 7) is 0. The molecule has 3 rings (SSSR count). The SMILES string of the molecule is COc1ccc(-c2nn(C)c(=O)o2)cc1-c1cnc(N)cn1. The Labute approximate surface area is 125 Å². The molecule has 0 fully saturated rings. The Bertz CT molecular complexity index is 867. The standard InChI is InChI=1S/C14H13N5O3/c1-19-14(20)22-13(18-19)8-3-4-11(21-2)9(5-8)10-6-17-12(15)7-16-10/h3-7H,1-2H3,(H2,15,17). The van der Waals surface area contributed by atoms with Gasteiger partial charge in [0.1, 0.15) is 11.6 Å². The van der Waals surface area contributed by atoms with E-state index in [9.17, 15) is 4.79 Å². The number of nitrogen functional groups attached to an aromatic ring is 1. The van der Waals surface area contributed by atoms with Gasteiger partial charge in [-0.2, -0.15) is 4.68 Å². The molecular formula is C14H13N5O3. The third kappa shape index (κ3) is 2.41. The number of hydrogen-bond donors (Lipinski definition) is 1. The molecule has 2 N–H and O–H groups in total. The number of hydrogen-bond acceptors (Lipinski definition) is 7. The van der Waals surface area contributed by atoms with E-state index in [4.69, 9.17) is 14.9 Å². The van der Waals surface area contributed by atoms with Crippen LogP contribution in [0.25, 0.3) is 22.7 Å². The minimum atomic E-state index is -0.528. The van der Waals surface area contributed by atoms with Gasteiger partial charge < -0.3 is 14.9 Å². The van der Waals surface area contributed by atoms with E-state index < -0.39 is 5.76 Å². The lowest BCUT2D eigenvalue weighted by Crippen LogP contribution is -2.09. The number of ether oxygens (including phenoxy) is 1. The minimum absolute atomic E-state index is 0.222. The Hall–Kier alpha value is -3.16. The van der Waals surface area contributed by atoms with E-state index in [0.717, 1.165) is 4.68 Å². The lowest BCUT2D eigenvalue weighted by atomic mass is 10.1. The number of aromatic nitrogens is 4. The maximum Gasteiger partial charge on any atom is 0.437 e. The predicted octanol–water partition coefficient (Wildman–Crippen LogP) is 1.09. The van der Waals surface area contributed by atoms with E-state index in [-0.39, 0.29) is 5.89 Å². The highest BCUT2D eigenvalue weighted by atomic mass is 16.5. The summed E-state index contributed by atoms with van der Waals surface area (Å²) in [7, 11) is 3.08. The lowest BCUT2D eigenvalue weighted by Gasteiger charge is -2.09. The van der Waals surface area contributed by atoms with Crippen LogP contribution in [0.3, 0.4) is 0 Å². The second-order valence-corrected chi connectivity index (χ2v) is 4.54. The molecule has 0 radical (unpaired) electrons. The van der Waals surface area contributed by atoms with Gasteiger partial charge in [0, 0.05) is 18.2 Å². The van der Waals surface area contributed by atoms with Crippen LogP contribution in [0.4, 0.5) is 5.82 Å². The van der Waals surface area contributed by atoms with E-state index in [1.54, 1.807) is 31.5 Å². The number of benzene rings is 1. The van der Waals surface area contributed by atoms with Crippen LogP contribution < -0.4 is 16.2 Å². The average molecular weight is 299 g/mol. The number of methoxy groups -OCH3 is 1. The van der Waals surface area contributed by atoms with Crippen molar-refractivity contribution in [2.75, 3.05) is 12.8 Å². The zero-order valence-electron chi connectivity index (χ0n) is 12.0. The van der Waals surface area contributed by atoms with Crippen molar-refractivity contribution in [3.63, 3.8) is 0 Å². The lowest BCUT2D eigenvalue weighted by molar-refractivity contribution is 0.416. The molecule has 0 spiro atoms. The van der Waals surface area contributed by atoms with Crippen molar-refractivity contribution in [1.82, 2.24) is 19.7 Å². The molecule has 0 saturated carbocycles. The van der Waals surface area contributed by atoms with E-state index in [1.165, 1.54) is 13.2 Å². The predicted molar refractivity (Wildman–Crippen MR) is 79.2 cm³/mol. The van der Waals surface area contributed by atoms with Crippen LogP contribution in [0.2, 0.25) is 0 Å². The van der Waals surface area contributed by atoms with Crippen molar-refractivity contribution in [2.24, 2.45) is 7.05 Å². The summed E-state index contributed by atoms with van der Waals surface area (Å²) in [4.78, 5) is 19.6. The van der Waals surface area contributed by atoms with Crippen molar-refractivity contribution in [3.05, 3.63) is 41.1 Å². The fraction of sp³-hybridized carbons (Fsp3) is 0.143. The zero-order valence-corrected chi connectivity index (χ0v) is 12.0. The van der Waals surface area contributed by atoms with Crippen LogP contribution in [-0.4, -0.2) is 26.9 Å². The van der Waals surface area contributed by atoms with Crippen molar-refractivity contribution in [3.8, 4) is 28.5 Å². The van der Waals surface area contributed by atoms with Gasteiger partial charge in [-0.05, 0) is 18.2 Å². The van der Waals surface area contributed by atoms with Gasteiger partial charge in [-0.25, -0.2) is 9.78 Å². The molecule has 22 heavy (non-hydrogen) atoms. The van der Waals surface area contributed by atoms with Gasteiger partial charge >= 0.3 is 5.76 Å². The Kier molecular flexibility index (Phi) is 3.34. The van der Waals surface area contributed by atoms with Gasteiger partial charge in [0.25, 0.3) is 0 Å². The maximum absolute atomic E-state index is 11.4. The largest absolute Gasteiger partial charge is 0.496 e. The molecule has 0 saturated heterocycles. The van der Waals surface area contributed by atoms with Crippen LogP contribution in [-0.2, 0) is 7.05 Å². The summed E-state index contributed by atoms with van der Waals surface area (Å²) >= 11 is 0. The fourth-order valence-electron chi connectivity index (χ4n) is 1.98. The second kappa shape index (κ2) is 5.32. The van der Waals surface area contributed by atoms with Crippen molar-refractivity contribution in [2.45, 2.75) is 0 Å². The number of nitrogens with zero attached hydrogens (tertiary/aromatic N) is 4. The normalized spacial score (nSPS) is 10.6. The molecule has 3 aromatic rings. The van der Waals surface area contributed by atoms with E-state index >= 15 is 0 Å². The van der Waals surface area contributed by atoms with Crippen molar-refractivity contribution in [1.29, 1.82) is 0 Å². The third-order valence-corrected chi connectivity index (χ3v) is 3.08. The fourth-order valence-corrected chi connectivity index (χ4v) is 1.98. The number of rotatable bonds is 3. The number of nitrogens with two attached hydrogens (primary N) is 1. The van der Waals surface area contributed by atoms with Gasteiger partial charge in [-0.15, -0.1) is 5.10 Å². The first-order valence-corrected chi connectivity index (χ1v) is 6.39. The van der Waals surface area contributed by atoms with Crippen LogP contribution in [0.15, 0.2) is 39.8 Å². The molecule has 2 aromatic heterocycles. The monoisotopic (exact) mass is 299 g/mol. The third-order valence-electron chi connectivity index (χ3n) is 3.08. The first-order valence-electron chi connectivity index (χ1n) is 6.39. The summed E-state index contributed by atoms with van der Waals surface area (Å²) in [6, 6.07) is 5.26. The molecule has 0 aliphatic rings. The molecule has 2 heterocycles. The topological polar surface area (TPSA) is 109 Å². The Morgan fingerprint density at radius 1 is 1.27 bits per heavy atom. The molecule has 0 unspecified atom stereocenters. The van der Waals surface area contributed by atoms with Gasteiger partial charge in [-0.1, -0.05) is 0 Å². The van der Waals surface area contributed by atoms with Crippen LogP contribution in [0.5, 0.6) is 5.75 Å². The summed E-state index contributed by atoms with van der Waals surface area (Å²) in [5, 5.41) is 4.03. The van der Waals surface area contributed by atoms with Gasteiger partial charge in [0.15, 0.2) is 0 Å². The Morgan fingerprint density at radius 3 is 2.68 bits per heavy atom. The number of anilines is 1. The number of aryl methyl sites for hydroxylation is 1. The van der Waals surface area contributed by atoms with Crippen LogP contribution >= 0.6 is 0 Å². The quantitative estimate of drug-likeness (QED) is 0.770. The van der Waals surface area contributed by atoms with E-state index in [2.05, 4.69) is 15.1 Å². The molecule has 0 atom stereocenters. The summed E-state index contributed by atoms with van der Waals surface area (Å²) in [5.41, 5.74) is 7.46. The first-order chi connectivity index (χ1) is 10.6. The molecule has 1 aromatic carbocycles. The van der Waals surface area contributed by atoms with Crippen LogP contribution in [0, 0.1) is 0 Å². The smallest absolute Gasteiger partial charge is 0.437 e. The molecule has 0 aliphatic carbocycles. The van der Waals surface area contributed by atoms with Crippen molar-refractivity contribution < 1.29 is 9.15 Å². The summed E-state index contributed by atoms with van der Waals surface area (Å²) in [6.07, 6.45) is 3.01. The van der Waals surface area contributed by atoms with E-state index in [0.29, 0.717) is 28.4 Å². The van der Waals surface area contributed by atoms with Gasteiger partial charge in [0.2, 0.25) is 5.89 Å². The maximum atomic E-state index is 11.4. The highest BCUT2D eigenvalue weighted by Crippen LogP contribution is 2.32. The van der Waals surface area contributed by atoms with Crippen LogP contribution in [0.1, 0.15) is 0 Å². The van der Waals surface area contributed by atoms with E-state index in [1.807, 2.05) is 0 Å². The average Bonchev–Trinajstić information content (AvgIpc) is 2.87. The Morgan fingerprint density at radius 2 is 2.09 bits per heavy atom. The highest BCUT2D eigenvalue weighted by molar-refractivity contribution is 5.73. The molecule has 8 nitrogen and oxygen atoms in total. The summed E-state index contributed by atoms with van der Waals surface area (Å²) < 4.78 is 11.5. The molecule has 8 heteroatoms. The summed E-state index contributed by atoms with van der Waals surface area (Å²) in [5.74, 6) is 0.634. The molecule has 0 bridgehead atoms. The van der Waals surface area contributed by atoms with Crippen molar-refractivity contribution >= 4 is 5.82 Å². The molecular weight excluding hydrogens is 286 g/mol.